The topological polar surface area (TPSA) is 49.3 Å². The number of carbonyl (C=O) groups is 1. The monoisotopic (exact) mass is 275 g/mol. The fourth-order valence-electron chi connectivity index (χ4n) is 2.31. The quantitative estimate of drug-likeness (QED) is 0.887. The Morgan fingerprint density at radius 2 is 1.75 bits per heavy atom. The van der Waals surface area contributed by atoms with Crippen LogP contribution < -0.4 is 5.32 Å². The molecular weight excluding hydrogens is 250 g/mol. The summed E-state index contributed by atoms with van der Waals surface area (Å²) in [6, 6.07) is 8.26. The lowest BCUT2D eigenvalue weighted by molar-refractivity contribution is -0.140. The molecule has 0 heterocycles. The van der Waals surface area contributed by atoms with Crippen molar-refractivity contribution >= 4 is 5.91 Å². The van der Waals surface area contributed by atoms with E-state index in [-0.39, 0.29) is 17.2 Å². The van der Waals surface area contributed by atoms with Gasteiger partial charge in [-0.15, -0.1) is 0 Å². The highest BCUT2D eigenvalue weighted by Gasteiger charge is 2.45. The second kappa shape index (κ2) is 5.21. The van der Waals surface area contributed by atoms with Crippen LogP contribution in [0.1, 0.15) is 51.7 Å². The molecule has 3 nitrogen and oxygen atoms in total. The molecule has 0 radical (unpaired) electrons. The van der Waals surface area contributed by atoms with Gasteiger partial charge in [-0.05, 0) is 42.2 Å². The van der Waals surface area contributed by atoms with Crippen molar-refractivity contribution in [3.05, 3.63) is 35.4 Å². The molecule has 1 aromatic carbocycles. The van der Waals surface area contributed by atoms with Gasteiger partial charge < -0.3 is 10.4 Å². The molecule has 20 heavy (non-hydrogen) atoms. The Hall–Kier alpha value is -1.35. The summed E-state index contributed by atoms with van der Waals surface area (Å²) in [5, 5.41) is 13.0. The predicted octanol–water partition coefficient (Wildman–Crippen LogP) is 2.76. The van der Waals surface area contributed by atoms with Crippen LogP contribution in [0.15, 0.2) is 24.3 Å². The third kappa shape index (κ3) is 3.40. The van der Waals surface area contributed by atoms with Gasteiger partial charge in [0.15, 0.2) is 0 Å². The summed E-state index contributed by atoms with van der Waals surface area (Å²) < 4.78 is 0. The molecule has 1 fully saturated rings. The number of carbonyl (C=O) groups excluding carboxylic acids is 1. The van der Waals surface area contributed by atoms with Crippen LogP contribution in [-0.2, 0) is 16.8 Å². The highest BCUT2D eigenvalue weighted by atomic mass is 16.3. The molecule has 3 heteroatoms. The minimum Gasteiger partial charge on any atom is -0.380 e. The van der Waals surface area contributed by atoms with E-state index < -0.39 is 5.60 Å². The van der Waals surface area contributed by atoms with Crippen LogP contribution in [0.25, 0.3) is 0 Å². The molecule has 2 rings (SSSR count). The minimum absolute atomic E-state index is 0.130. The first kappa shape index (κ1) is 15.0. The lowest BCUT2D eigenvalue weighted by Gasteiger charge is -2.22. The maximum Gasteiger partial charge on any atom is 0.252 e. The summed E-state index contributed by atoms with van der Waals surface area (Å²) in [6.07, 6.45) is 1.89. The maximum absolute atomic E-state index is 12.0. The van der Waals surface area contributed by atoms with Gasteiger partial charge in [0.1, 0.15) is 5.60 Å². The summed E-state index contributed by atoms with van der Waals surface area (Å²) >= 11 is 0. The molecule has 0 aliphatic heterocycles. The van der Waals surface area contributed by atoms with Crippen LogP contribution in [0.4, 0.5) is 0 Å². The van der Waals surface area contributed by atoms with E-state index in [1.165, 1.54) is 5.56 Å². The Morgan fingerprint density at radius 3 is 2.20 bits per heavy atom. The SMILES string of the molecule is CC(C)(C)c1ccc(CNC(=O)C(C)(O)C2CC2)cc1. The van der Waals surface area contributed by atoms with Gasteiger partial charge in [-0.3, -0.25) is 4.79 Å². The number of amides is 1. The number of aliphatic hydroxyl groups is 1. The lowest BCUT2D eigenvalue weighted by atomic mass is 9.87. The van der Waals surface area contributed by atoms with Crippen LogP contribution in [-0.4, -0.2) is 16.6 Å². The van der Waals surface area contributed by atoms with Gasteiger partial charge in [0.2, 0.25) is 0 Å². The van der Waals surface area contributed by atoms with Crippen molar-refractivity contribution in [1.82, 2.24) is 5.32 Å². The van der Waals surface area contributed by atoms with E-state index in [9.17, 15) is 9.90 Å². The summed E-state index contributed by atoms with van der Waals surface area (Å²) in [5.74, 6) is -0.134. The second-order valence-electron chi connectivity index (χ2n) is 7.05. The number of hydrogen-bond acceptors (Lipinski definition) is 2. The Labute approximate surface area is 121 Å². The van der Waals surface area contributed by atoms with Crippen molar-refractivity contribution in [2.24, 2.45) is 5.92 Å². The molecule has 110 valence electrons. The van der Waals surface area contributed by atoms with Crippen molar-refractivity contribution < 1.29 is 9.90 Å². The van der Waals surface area contributed by atoms with E-state index >= 15 is 0 Å². The van der Waals surface area contributed by atoms with E-state index in [4.69, 9.17) is 0 Å². The Kier molecular flexibility index (Phi) is 3.92. The molecular formula is C17H25NO2. The number of hydrogen-bond donors (Lipinski definition) is 2. The van der Waals surface area contributed by atoms with Gasteiger partial charge in [0.05, 0.1) is 0 Å². The molecule has 0 spiro atoms. The zero-order valence-corrected chi connectivity index (χ0v) is 12.9. The van der Waals surface area contributed by atoms with Crippen molar-refractivity contribution in [3.63, 3.8) is 0 Å². The Bertz CT molecular complexity index is 479. The molecule has 2 N–H and O–H groups in total. The van der Waals surface area contributed by atoms with Crippen LogP contribution in [0.2, 0.25) is 0 Å². The van der Waals surface area contributed by atoms with Crippen molar-refractivity contribution in [1.29, 1.82) is 0 Å². The summed E-state index contributed by atoms with van der Waals surface area (Å²) in [4.78, 5) is 12.0. The first-order valence-electron chi connectivity index (χ1n) is 7.31. The third-order valence-corrected chi connectivity index (χ3v) is 4.11. The van der Waals surface area contributed by atoms with Crippen molar-refractivity contribution in [2.75, 3.05) is 0 Å². The van der Waals surface area contributed by atoms with Gasteiger partial charge in [-0.2, -0.15) is 0 Å². The summed E-state index contributed by atoms with van der Waals surface area (Å²) in [5.41, 5.74) is 1.25. The first-order valence-corrected chi connectivity index (χ1v) is 7.31. The maximum atomic E-state index is 12.0. The highest BCUT2D eigenvalue weighted by Crippen LogP contribution is 2.39. The molecule has 1 aromatic rings. The van der Waals surface area contributed by atoms with Crippen molar-refractivity contribution in [2.45, 2.75) is 58.1 Å². The molecule has 0 aromatic heterocycles. The fourth-order valence-corrected chi connectivity index (χ4v) is 2.31. The van der Waals surface area contributed by atoms with Gasteiger partial charge in [0, 0.05) is 6.54 Å². The van der Waals surface area contributed by atoms with Crippen LogP contribution in [0.5, 0.6) is 0 Å². The van der Waals surface area contributed by atoms with Crippen LogP contribution >= 0.6 is 0 Å². The highest BCUT2D eigenvalue weighted by molar-refractivity contribution is 5.85. The molecule has 0 bridgehead atoms. The molecule has 1 unspecified atom stereocenters. The van der Waals surface area contributed by atoms with E-state index in [1.807, 2.05) is 12.1 Å². The summed E-state index contributed by atoms with van der Waals surface area (Å²) in [6.45, 7) is 8.61. The number of nitrogens with one attached hydrogen (secondary N) is 1. The molecule has 1 amide bonds. The first-order chi connectivity index (χ1) is 9.21. The molecule has 1 atom stereocenters. The smallest absolute Gasteiger partial charge is 0.252 e. The standard InChI is InChI=1S/C17H25NO2/c1-16(2,3)13-7-5-12(6-8-13)11-18-15(19)17(4,20)14-9-10-14/h5-8,14,20H,9-11H2,1-4H3,(H,18,19). The second-order valence-corrected chi connectivity index (χ2v) is 7.05. The fraction of sp³-hybridized carbons (Fsp3) is 0.588. The number of rotatable bonds is 4. The predicted molar refractivity (Wildman–Crippen MR) is 80.3 cm³/mol. The Morgan fingerprint density at radius 1 is 1.20 bits per heavy atom. The molecule has 0 saturated heterocycles. The molecule has 1 saturated carbocycles. The normalized spacial score (nSPS) is 18.4. The Balaban J connectivity index is 1.92. The molecule has 1 aliphatic carbocycles. The largest absolute Gasteiger partial charge is 0.380 e. The average Bonchev–Trinajstić information content (AvgIpc) is 3.19. The zero-order chi connectivity index (χ0) is 15.0. The van der Waals surface area contributed by atoms with E-state index in [0.29, 0.717) is 6.54 Å². The molecule has 1 aliphatic rings. The van der Waals surface area contributed by atoms with Gasteiger partial charge in [-0.1, -0.05) is 45.0 Å². The third-order valence-electron chi connectivity index (χ3n) is 4.11. The van der Waals surface area contributed by atoms with E-state index in [0.717, 1.165) is 18.4 Å². The van der Waals surface area contributed by atoms with Gasteiger partial charge in [-0.25, -0.2) is 0 Å². The van der Waals surface area contributed by atoms with Crippen LogP contribution in [0.3, 0.4) is 0 Å². The van der Waals surface area contributed by atoms with Gasteiger partial charge >= 0.3 is 0 Å². The average molecular weight is 275 g/mol. The summed E-state index contributed by atoms with van der Waals surface area (Å²) in [7, 11) is 0. The zero-order valence-electron chi connectivity index (χ0n) is 12.9. The number of benzene rings is 1. The van der Waals surface area contributed by atoms with Crippen molar-refractivity contribution in [3.8, 4) is 0 Å². The van der Waals surface area contributed by atoms with Crippen LogP contribution in [0, 0.1) is 5.92 Å². The minimum atomic E-state index is -1.22. The van der Waals surface area contributed by atoms with E-state index in [1.54, 1.807) is 6.92 Å². The van der Waals surface area contributed by atoms with Gasteiger partial charge in [0.25, 0.3) is 5.91 Å². The van der Waals surface area contributed by atoms with E-state index in [2.05, 4.69) is 38.2 Å². The lowest BCUT2D eigenvalue weighted by Crippen LogP contribution is -2.45.